The lowest BCUT2D eigenvalue weighted by molar-refractivity contribution is 0.370. The summed E-state index contributed by atoms with van der Waals surface area (Å²) in [6.45, 7) is 2.07. The van der Waals surface area contributed by atoms with Crippen molar-refractivity contribution in [1.82, 2.24) is 10.1 Å². The lowest BCUT2D eigenvalue weighted by atomic mass is 10.1. The van der Waals surface area contributed by atoms with E-state index >= 15 is 0 Å². The Hall–Kier alpha value is -1.33. The summed E-state index contributed by atoms with van der Waals surface area (Å²) in [5, 5.41) is 3.94. The normalized spacial score (nSPS) is 12.6. The Labute approximate surface area is 111 Å². The molecule has 0 saturated heterocycles. The molecule has 0 aliphatic rings. The summed E-state index contributed by atoms with van der Waals surface area (Å²) in [7, 11) is 0. The van der Waals surface area contributed by atoms with Gasteiger partial charge in [0.15, 0.2) is 5.82 Å². The number of hydrogen-bond donors (Lipinski definition) is 1. The number of thioether (sulfide) groups is 1. The zero-order chi connectivity index (χ0) is 13.0. The molecule has 1 aromatic heterocycles. The van der Waals surface area contributed by atoms with Gasteiger partial charge in [0.05, 0.1) is 6.04 Å². The summed E-state index contributed by atoms with van der Waals surface area (Å²) < 4.78 is 5.15. The van der Waals surface area contributed by atoms with E-state index < -0.39 is 0 Å². The maximum absolute atomic E-state index is 6.13. The standard InChI is InChI=1S/C13H17N3OS/c1-3-4-11-15-13(16-17-11)12(14)9-5-7-10(18-2)8-6-9/h5-8,12H,3-4,14H2,1-2H3. The lowest BCUT2D eigenvalue weighted by Gasteiger charge is -2.07. The van der Waals surface area contributed by atoms with Crippen LogP contribution in [0.25, 0.3) is 0 Å². The van der Waals surface area contributed by atoms with Gasteiger partial charge in [0, 0.05) is 11.3 Å². The Morgan fingerprint density at radius 1 is 1.33 bits per heavy atom. The van der Waals surface area contributed by atoms with Crippen LogP contribution in [0.5, 0.6) is 0 Å². The Bertz CT molecular complexity index is 495. The summed E-state index contributed by atoms with van der Waals surface area (Å²) in [5.74, 6) is 1.21. The smallest absolute Gasteiger partial charge is 0.226 e. The van der Waals surface area contributed by atoms with Crippen LogP contribution in [-0.2, 0) is 6.42 Å². The summed E-state index contributed by atoms with van der Waals surface area (Å²) in [6, 6.07) is 7.79. The van der Waals surface area contributed by atoms with Gasteiger partial charge in [-0.15, -0.1) is 11.8 Å². The van der Waals surface area contributed by atoms with Crippen LogP contribution in [0.1, 0.15) is 36.7 Å². The van der Waals surface area contributed by atoms with E-state index in [0.29, 0.717) is 11.7 Å². The van der Waals surface area contributed by atoms with Crippen LogP contribution < -0.4 is 5.73 Å². The van der Waals surface area contributed by atoms with E-state index in [4.69, 9.17) is 10.3 Å². The fourth-order valence-corrected chi connectivity index (χ4v) is 2.08. The van der Waals surface area contributed by atoms with E-state index in [9.17, 15) is 0 Å². The molecule has 5 heteroatoms. The largest absolute Gasteiger partial charge is 0.339 e. The third-order valence-corrected chi connectivity index (χ3v) is 3.44. The van der Waals surface area contributed by atoms with E-state index in [1.165, 1.54) is 4.90 Å². The highest BCUT2D eigenvalue weighted by Gasteiger charge is 2.15. The fourth-order valence-electron chi connectivity index (χ4n) is 1.67. The third kappa shape index (κ3) is 2.91. The molecule has 1 aromatic carbocycles. The van der Waals surface area contributed by atoms with Gasteiger partial charge in [0.25, 0.3) is 0 Å². The van der Waals surface area contributed by atoms with Crippen molar-refractivity contribution in [2.45, 2.75) is 30.7 Å². The molecule has 0 fully saturated rings. The van der Waals surface area contributed by atoms with E-state index in [1.54, 1.807) is 11.8 Å². The Morgan fingerprint density at radius 2 is 2.06 bits per heavy atom. The number of benzene rings is 1. The average Bonchev–Trinajstić information content (AvgIpc) is 2.87. The van der Waals surface area contributed by atoms with Crippen LogP contribution in [0, 0.1) is 0 Å². The molecule has 18 heavy (non-hydrogen) atoms. The Morgan fingerprint density at radius 3 is 2.67 bits per heavy atom. The van der Waals surface area contributed by atoms with Crippen molar-refractivity contribution >= 4 is 11.8 Å². The first-order valence-corrected chi connectivity index (χ1v) is 7.19. The molecule has 96 valence electrons. The molecule has 0 aliphatic heterocycles. The molecule has 2 rings (SSSR count). The predicted molar refractivity (Wildman–Crippen MR) is 72.5 cm³/mol. The summed E-state index contributed by atoms with van der Waals surface area (Å²) in [5.41, 5.74) is 7.12. The lowest BCUT2D eigenvalue weighted by Crippen LogP contribution is -2.13. The molecule has 4 nitrogen and oxygen atoms in total. The molecule has 0 spiro atoms. The molecule has 1 heterocycles. The van der Waals surface area contributed by atoms with Crippen molar-refractivity contribution in [1.29, 1.82) is 0 Å². The van der Waals surface area contributed by atoms with Crippen LogP contribution in [0.2, 0.25) is 0 Å². The summed E-state index contributed by atoms with van der Waals surface area (Å²) in [6.07, 6.45) is 3.83. The first kappa shape index (κ1) is 13.1. The zero-order valence-corrected chi connectivity index (χ0v) is 11.4. The summed E-state index contributed by atoms with van der Waals surface area (Å²) in [4.78, 5) is 5.52. The molecule has 0 amide bonds. The second kappa shape index (κ2) is 6.02. The van der Waals surface area contributed by atoms with Crippen molar-refractivity contribution in [3.63, 3.8) is 0 Å². The minimum Gasteiger partial charge on any atom is -0.339 e. The highest BCUT2D eigenvalue weighted by atomic mass is 32.2. The number of hydrogen-bond acceptors (Lipinski definition) is 5. The summed E-state index contributed by atoms with van der Waals surface area (Å²) >= 11 is 1.71. The number of aromatic nitrogens is 2. The average molecular weight is 263 g/mol. The molecule has 0 radical (unpaired) electrons. The highest BCUT2D eigenvalue weighted by Crippen LogP contribution is 2.21. The van der Waals surface area contributed by atoms with Gasteiger partial charge in [-0.05, 0) is 30.4 Å². The quantitative estimate of drug-likeness (QED) is 0.840. The maximum Gasteiger partial charge on any atom is 0.226 e. The first-order chi connectivity index (χ1) is 8.74. The molecular weight excluding hydrogens is 246 g/mol. The topological polar surface area (TPSA) is 64.9 Å². The minimum atomic E-state index is -0.324. The van der Waals surface area contributed by atoms with Crippen LogP contribution in [0.15, 0.2) is 33.7 Å². The SMILES string of the molecule is CCCc1nc(C(N)c2ccc(SC)cc2)no1. The van der Waals surface area contributed by atoms with Gasteiger partial charge < -0.3 is 10.3 Å². The third-order valence-electron chi connectivity index (χ3n) is 2.70. The van der Waals surface area contributed by atoms with Gasteiger partial charge >= 0.3 is 0 Å². The molecule has 0 aliphatic carbocycles. The molecule has 2 aromatic rings. The van der Waals surface area contributed by atoms with Gasteiger partial charge in [-0.2, -0.15) is 4.98 Å². The van der Waals surface area contributed by atoms with E-state index in [0.717, 1.165) is 18.4 Å². The first-order valence-electron chi connectivity index (χ1n) is 5.96. The number of aryl methyl sites for hydroxylation is 1. The molecule has 0 bridgehead atoms. The van der Waals surface area contributed by atoms with Crippen LogP contribution in [-0.4, -0.2) is 16.4 Å². The molecular formula is C13H17N3OS. The van der Waals surface area contributed by atoms with Gasteiger partial charge in [-0.25, -0.2) is 0 Å². The van der Waals surface area contributed by atoms with E-state index in [1.807, 2.05) is 30.5 Å². The van der Waals surface area contributed by atoms with Crippen molar-refractivity contribution in [2.75, 3.05) is 6.26 Å². The highest BCUT2D eigenvalue weighted by molar-refractivity contribution is 7.98. The predicted octanol–water partition coefficient (Wildman–Crippen LogP) is 2.79. The Balaban J connectivity index is 2.15. The van der Waals surface area contributed by atoms with E-state index in [-0.39, 0.29) is 6.04 Å². The van der Waals surface area contributed by atoms with Gasteiger partial charge in [0.1, 0.15) is 0 Å². The monoisotopic (exact) mass is 263 g/mol. The molecule has 0 saturated carbocycles. The second-order valence-corrected chi connectivity index (χ2v) is 4.93. The number of nitrogens with two attached hydrogens (primary N) is 1. The van der Waals surface area contributed by atoms with Crippen LogP contribution in [0.3, 0.4) is 0 Å². The Kier molecular flexibility index (Phi) is 4.38. The number of nitrogens with zero attached hydrogens (tertiary/aromatic N) is 2. The minimum absolute atomic E-state index is 0.324. The van der Waals surface area contributed by atoms with Gasteiger partial charge in [-0.1, -0.05) is 24.2 Å². The van der Waals surface area contributed by atoms with Crippen LogP contribution in [0.4, 0.5) is 0 Å². The van der Waals surface area contributed by atoms with Crippen LogP contribution >= 0.6 is 11.8 Å². The van der Waals surface area contributed by atoms with Crippen molar-refractivity contribution < 1.29 is 4.52 Å². The molecule has 2 N–H and O–H groups in total. The molecule has 1 unspecified atom stereocenters. The molecule has 1 atom stereocenters. The van der Waals surface area contributed by atoms with Crippen molar-refractivity contribution in [2.24, 2.45) is 5.73 Å². The fraction of sp³-hybridized carbons (Fsp3) is 0.385. The maximum atomic E-state index is 6.13. The van der Waals surface area contributed by atoms with Gasteiger partial charge in [-0.3, -0.25) is 0 Å². The zero-order valence-electron chi connectivity index (χ0n) is 10.6. The second-order valence-electron chi connectivity index (χ2n) is 4.05. The van der Waals surface area contributed by atoms with Crippen molar-refractivity contribution in [3.05, 3.63) is 41.5 Å². The van der Waals surface area contributed by atoms with Crippen molar-refractivity contribution in [3.8, 4) is 0 Å². The van der Waals surface area contributed by atoms with Gasteiger partial charge in [0.2, 0.25) is 5.89 Å². The van der Waals surface area contributed by atoms with E-state index in [2.05, 4.69) is 17.1 Å². The number of rotatable bonds is 5.